The highest BCUT2D eigenvalue weighted by Gasteiger charge is 2.25. The molecule has 0 bridgehead atoms. The number of nitrogens with zero attached hydrogens (tertiary/aromatic N) is 1. The molecule has 1 aliphatic rings. The first-order chi connectivity index (χ1) is 6.63. The summed E-state index contributed by atoms with van der Waals surface area (Å²) in [5.74, 6) is -0.414. The molecular formula is C8H14N2O4. The van der Waals surface area contributed by atoms with Gasteiger partial charge < -0.3 is 20.1 Å². The summed E-state index contributed by atoms with van der Waals surface area (Å²) in [5, 5.41) is 0. The van der Waals surface area contributed by atoms with E-state index < -0.39 is 12.0 Å². The summed E-state index contributed by atoms with van der Waals surface area (Å²) in [6, 6.07) is -0.450. The van der Waals surface area contributed by atoms with Gasteiger partial charge in [0.25, 0.3) is 0 Å². The molecule has 80 valence electrons. The van der Waals surface area contributed by atoms with E-state index in [1.54, 1.807) is 0 Å². The van der Waals surface area contributed by atoms with E-state index in [9.17, 15) is 9.59 Å². The zero-order valence-corrected chi connectivity index (χ0v) is 8.06. The monoisotopic (exact) mass is 202 g/mol. The lowest BCUT2D eigenvalue weighted by Gasteiger charge is -2.13. The van der Waals surface area contributed by atoms with Crippen LogP contribution in [0.15, 0.2) is 0 Å². The molecule has 1 atom stereocenters. The van der Waals surface area contributed by atoms with Crippen LogP contribution in [0.1, 0.15) is 6.42 Å². The van der Waals surface area contributed by atoms with Crippen molar-refractivity contribution in [1.82, 2.24) is 4.90 Å². The zero-order valence-electron chi connectivity index (χ0n) is 8.06. The lowest BCUT2D eigenvalue weighted by molar-refractivity contribution is -0.147. The van der Waals surface area contributed by atoms with Gasteiger partial charge in [0.05, 0.1) is 13.2 Å². The second kappa shape index (κ2) is 4.80. The summed E-state index contributed by atoms with van der Waals surface area (Å²) in [4.78, 5) is 23.0. The van der Waals surface area contributed by atoms with Gasteiger partial charge in [-0.3, -0.25) is 0 Å². The number of hydrogen-bond donors (Lipinski definition) is 1. The topological polar surface area (TPSA) is 81.9 Å². The van der Waals surface area contributed by atoms with E-state index in [2.05, 4.69) is 4.74 Å². The van der Waals surface area contributed by atoms with Gasteiger partial charge in [0.15, 0.2) is 0 Å². The Morgan fingerprint density at radius 2 is 2.29 bits per heavy atom. The molecule has 6 heteroatoms. The van der Waals surface area contributed by atoms with Gasteiger partial charge in [0, 0.05) is 13.1 Å². The van der Waals surface area contributed by atoms with Gasteiger partial charge in [-0.05, 0) is 6.42 Å². The molecular weight excluding hydrogens is 188 g/mol. The lowest BCUT2D eigenvalue weighted by atomic mass is 10.3. The number of primary amides is 1. The molecule has 1 saturated heterocycles. The van der Waals surface area contributed by atoms with Gasteiger partial charge in [-0.1, -0.05) is 0 Å². The molecule has 0 saturated carbocycles. The Balaban J connectivity index is 2.22. The predicted molar refractivity (Wildman–Crippen MR) is 47.5 cm³/mol. The maximum absolute atomic E-state index is 10.7. The molecule has 1 rings (SSSR count). The SMILES string of the molecule is COC(=O)COC1CCN(C(N)=O)C1. The Bertz CT molecular complexity index is 231. The first-order valence-electron chi connectivity index (χ1n) is 4.36. The van der Waals surface area contributed by atoms with Gasteiger partial charge in [-0.25, -0.2) is 9.59 Å². The number of likely N-dealkylation sites (tertiary alicyclic amines) is 1. The zero-order chi connectivity index (χ0) is 10.6. The van der Waals surface area contributed by atoms with Crippen molar-refractivity contribution in [3.05, 3.63) is 0 Å². The van der Waals surface area contributed by atoms with Crippen LogP contribution < -0.4 is 5.73 Å². The first kappa shape index (κ1) is 10.8. The largest absolute Gasteiger partial charge is 0.467 e. The van der Waals surface area contributed by atoms with E-state index in [4.69, 9.17) is 10.5 Å². The van der Waals surface area contributed by atoms with Crippen LogP contribution in [0.2, 0.25) is 0 Å². The Labute approximate surface area is 81.9 Å². The van der Waals surface area contributed by atoms with Crippen molar-refractivity contribution in [3.63, 3.8) is 0 Å². The molecule has 2 N–H and O–H groups in total. The average Bonchev–Trinajstić information content (AvgIpc) is 2.62. The Morgan fingerprint density at radius 3 is 2.79 bits per heavy atom. The molecule has 1 heterocycles. The van der Waals surface area contributed by atoms with Crippen LogP contribution in [0.5, 0.6) is 0 Å². The maximum Gasteiger partial charge on any atom is 0.331 e. The number of hydrogen-bond acceptors (Lipinski definition) is 4. The normalized spacial score (nSPS) is 20.9. The fraction of sp³-hybridized carbons (Fsp3) is 0.750. The van der Waals surface area contributed by atoms with E-state index in [1.807, 2.05) is 0 Å². The van der Waals surface area contributed by atoms with Crippen molar-refractivity contribution in [3.8, 4) is 0 Å². The Hall–Kier alpha value is -1.30. The minimum Gasteiger partial charge on any atom is -0.467 e. The van der Waals surface area contributed by atoms with Crippen molar-refractivity contribution in [1.29, 1.82) is 0 Å². The first-order valence-corrected chi connectivity index (χ1v) is 4.36. The van der Waals surface area contributed by atoms with Crippen molar-refractivity contribution in [2.24, 2.45) is 5.73 Å². The van der Waals surface area contributed by atoms with Crippen molar-refractivity contribution < 1.29 is 19.1 Å². The Morgan fingerprint density at radius 1 is 1.57 bits per heavy atom. The van der Waals surface area contributed by atoms with E-state index in [0.717, 1.165) is 0 Å². The predicted octanol–water partition coefficient (Wildman–Crippen LogP) is -0.671. The van der Waals surface area contributed by atoms with Gasteiger partial charge in [-0.15, -0.1) is 0 Å². The minimum atomic E-state index is -0.450. The van der Waals surface area contributed by atoms with Gasteiger partial charge in [0.2, 0.25) is 0 Å². The fourth-order valence-corrected chi connectivity index (χ4v) is 1.31. The second-order valence-corrected chi connectivity index (χ2v) is 3.08. The van der Waals surface area contributed by atoms with Gasteiger partial charge in [-0.2, -0.15) is 0 Å². The highest BCUT2D eigenvalue weighted by molar-refractivity contribution is 5.72. The van der Waals surface area contributed by atoms with Crippen LogP contribution >= 0.6 is 0 Å². The van der Waals surface area contributed by atoms with Crippen molar-refractivity contribution in [2.75, 3.05) is 26.8 Å². The third-order valence-electron chi connectivity index (χ3n) is 2.12. The quantitative estimate of drug-likeness (QED) is 0.615. The number of ether oxygens (including phenoxy) is 2. The third-order valence-corrected chi connectivity index (χ3v) is 2.12. The number of nitrogens with two attached hydrogens (primary N) is 1. The highest BCUT2D eigenvalue weighted by atomic mass is 16.6. The van der Waals surface area contributed by atoms with E-state index in [-0.39, 0.29) is 12.7 Å². The number of amides is 2. The molecule has 2 amide bonds. The summed E-state index contributed by atoms with van der Waals surface area (Å²) in [7, 11) is 1.30. The fourth-order valence-electron chi connectivity index (χ4n) is 1.31. The Kier molecular flexibility index (Phi) is 3.70. The standard InChI is InChI=1S/C8H14N2O4/c1-13-7(11)5-14-6-2-3-10(4-6)8(9)12/h6H,2-5H2,1H3,(H2,9,12). The molecule has 0 spiro atoms. The molecule has 0 aromatic heterocycles. The van der Waals surface area contributed by atoms with Gasteiger partial charge in [0.1, 0.15) is 6.61 Å². The van der Waals surface area contributed by atoms with Crippen LogP contribution in [0.25, 0.3) is 0 Å². The van der Waals surface area contributed by atoms with Crippen LogP contribution in [-0.4, -0.2) is 49.8 Å². The van der Waals surface area contributed by atoms with Crippen LogP contribution in [0.4, 0.5) is 4.79 Å². The number of carbonyl (C=O) groups excluding carboxylic acids is 2. The number of methoxy groups -OCH3 is 1. The molecule has 1 unspecified atom stereocenters. The van der Waals surface area contributed by atoms with E-state index in [0.29, 0.717) is 19.5 Å². The smallest absolute Gasteiger partial charge is 0.331 e. The van der Waals surface area contributed by atoms with E-state index >= 15 is 0 Å². The van der Waals surface area contributed by atoms with E-state index in [1.165, 1.54) is 12.0 Å². The molecule has 0 aliphatic carbocycles. The maximum atomic E-state index is 10.7. The summed E-state index contributed by atoms with van der Waals surface area (Å²) in [5.41, 5.74) is 5.08. The van der Waals surface area contributed by atoms with Crippen LogP contribution in [0.3, 0.4) is 0 Å². The third kappa shape index (κ3) is 2.88. The molecule has 0 radical (unpaired) electrons. The molecule has 0 aromatic carbocycles. The average molecular weight is 202 g/mol. The summed E-state index contributed by atoms with van der Waals surface area (Å²) in [6.07, 6.45) is 0.599. The number of urea groups is 1. The number of carbonyl (C=O) groups is 2. The lowest BCUT2D eigenvalue weighted by Crippen LogP contribution is -2.34. The van der Waals surface area contributed by atoms with Gasteiger partial charge >= 0.3 is 12.0 Å². The minimum absolute atomic E-state index is 0.0756. The summed E-state index contributed by atoms with van der Waals surface area (Å²) in [6.45, 7) is 0.960. The highest BCUT2D eigenvalue weighted by Crippen LogP contribution is 2.11. The van der Waals surface area contributed by atoms with Crippen LogP contribution in [-0.2, 0) is 14.3 Å². The summed E-state index contributed by atoms with van der Waals surface area (Å²) < 4.78 is 9.63. The number of esters is 1. The molecule has 14 heavy (non-hydrogen) atoms. The number of rotatable bonds is 3. The molecule has 0 aromatic rings. The van der Waals surface area contributed by atoms with Crippen LogP contribution in [0, 0.1) is 0 Å². The van der Waals surface area contributed by atoms with Crippen molar-refractivity contribution in [2.45, 2.75) is 12.5 Å². The molecule has 1 aliphatic heterocycles. The summed E-state index contributed by atoms with van der Waals surface area (Å²) >= 11 is 0. The second-order valence-electron chi connectivity index (χ2n) is 3.08. The molecule has 6 nitrogen and oxygen atoms in total. The molecule has 1 fully saturated rings. The van der Waals surface area contributed by atoms with Crippen molar-refractivity contribution >= 4 is 12.0 Å².